The van der Waals surface area contributed by atoms with Gasteiger partial charge < -0.3 is 0 Å². The van der Waals surface area contributed by atoms with Gasteiger partial charge in [-0.3, -0.25) is 4.98 Å². The van der Waals surface area contributed by atoms with Crippen molar-refractivity contribution in [3.8, 4) is 0 Å². The third-order valence-corrected chi connectivity index (χ3v) is 5.07. The van der Waals surface area contributed by atoms with E-state index in [0.29, 0.717) is 22.7 Å². The van der Waals surface area contributed by atoms with E-state index in [1.54, 1.807) is 24.4 Å². The summed E-state index contributed by atoms with van der Waals surface area (Å²) < 4.78 is 25.3. The van der Waals surface area contributed by atoms with Crippen LogP contribution in [0.25, 0.3) is 0 Å². The molecule has 22 heavy (non-hydrogen) atoms. The van der Waals surface area contributed by atoms with Gasteiger partial charge in [0.05, 0.1) is 22.0 Å². The topological polar surface area (TPSA) is 72.8 Å². The first-order valence-corrected chi connectivity index (χ1v) is 8.87. The SMILES string of the molecule is CCc1nc(C(C)(C)C)ccc1S(=O)(=O)Cc1ccncn1. The Hall–Kier alpha value is -1.82. The molecule has 0 radical (unpaired) electrons. The Morgan fingerprint density at radius 2 is 1.86 bits per heavy atom. The van der Waals surface area contributed by atoms with Gasteiger partial charge in [-0.15, -0.1) is 0 Å². The van der Waals surface area contributed by atoms with E-state index in [1.165, 1.54) is 6.33 Å². The van der Waals surface area contributed by atoms with Crippen molar-refractivity contribution in [3.05, 3.63) is 47.8 Å². The molecular formula is C16H21N3O2S. The zero-order valence-corrected chi connectivity index (χ0v) is 14.2. The van der Waals surface area contributed by atoms with Crippen LogP contribution in [0.5, 0.6) is 0 Å². The highest BCUT2D eigenvalue weighted by molar-refractivity contribution is 7.90. The molecule has 0 atom stereocenters. The Balaban J connectivity index is 2.43. The summed E-state index contributed by atoms with van der Waals surface area (Å²) >= 11 is 0. The molecule has 0 aliphatic heterocycles. The van der Waals surface area contributed by atoms with E-state index in [-0.39, 0.29) is 11.2 Å². The van der Waals surface area contributed by atoms with E-state index in [1.807, 2.05) is 6.92 Å². The number of nitrogens with zero attached hydrogens (tertiary/aromatic N) is 3. The van der Waals surface area contributed by atoms with Crippen LogP contribution in [0.15, 0.2) is 35.6 Å². The van der Waals surface area contributed by atoms with E-state index >= 15 is 0 Å². The van der Waals surface area contributed by atoms with Gasteiger partial charge in [-0.1, -0.05) is 27.7 Å². The fourth-order valence-corrected chi connectivity index (χ4v) is 3.66. The molecule has 0 spiro atoms. The van der Waals surface area contributed by atoms with Crippen LogP contribution in [-0.2, 0) is 27.4 Å². The zero-order valence-electron chi connectivity index (χ0n) is 13.4. The fourth-order valence-electron chi connectivity index (χ4n) is 2.12. The molecule has 0 aliphatic carbocycles. The van der Waals surface area contributed by atoms with Gasteiger partial charge in [0, 0.05) is 17.3 Å². The molecule has 0 N–H and O–H groups in total. The van der Waals surface area contributed by atoms with Crippen LogP contribution < -0.4 is 0 Å². The van der Waals surface area contributed by atoms with Crippen molar-refractivity contribution in [1.29, 1.82) is 0 Å². The van der Waals surface area contributed by atoms with Gasteiger partial charge in [0.2, 0.25) is 0 Å². The van der Waals surface area contributed by atoms with E-state index in [9.17, 15) is 8.42 Å². The Labute approximate surface area is 131 Å². The molecular weight excluding hydrogens is 298 g/mol. The monoisotopic (exact) mass is 319 g/mol. The minimum atomic E-state index is -3.47. The molecule has 118 valence electrons. The molecule has 2 heterocycles. The predicted molar refractivity (Wildman–Crippen MR) is 85.2 cm³/mol. The maximum atomic E-state index is 12.6. The smallest absolute Gasteiger partial charge is 0.185 e. The molecule has 0 bridgehead atoms. The van der Waals surface area contributed by atoms with Gasteiger partial charge >= 0.3 is 0 Å². The van der Waals surface area contributed by atoms with Crippen molar-refractivity contribution < 1.29 is 8.42 Å². The number of sulfone groups is 1. The molecule has 0 fully saturated rings. The lowest BCUT2D eigenvalue weighted by atomic mass is 9.91. The third kappa shape index (κ3) is 3.68. The number of pyridine rings is 1. The molecule has 0 saturated carbocycles. The highest BCUT2D eigenvalue weighted by atomic mass is 32.2. The summed E-state index contributed by atoms with van der Waals surface area (Å²) in [5.74, 6) is -0.140. The third-order valence-electron chi connectivity index (χ3n) is 3.35. The molecule has 2 aromatic heterocycles. The Morgan fingerprint density at radius 1 is 1.14 bits per heavy atom. The van der Waals surface area contributed by atoms with Crippen LogP contribution in [0.2, 0.25) is 0 Å². The zero-order chi connectivity index (χ0) is 16.4. The average Bonchev–Trinajstić information content (AvgIpc) is 2.46. The summed E-state index contributed by atoms with van der Waals surface area (Å²) in [7, 11) is -3.47. The standard InChI is InChI=1S/C16H21N3O2S/c1-5-13-14(6-7-15(19-13)16(2,3)4)22(20,21)10-12-8-9-17-11-18-12/h6-9,11H,5,10H2,1-4H3. The van der Waals surface area contributed by atoms with E-state index in [0.717, 1.165) is 5.69 Å². The number of hydrogen-bond acceptors (Lipinski definition) is 5. The van der Waals surface area contributed by atoms with Crippen molar-refractivity contribution in [3.63, 3.8) is 0 Å². The van der Waals surface area contributed by atoms with Crippen LogP contribution in [0.4, 0.5) is 0 Å². The maximum Gasteiger partial charge on any atom is 0.185 e. The van der Waals surface area contributed by atoms with Crippen LogP contribution in [0.1, 0.15) is 44.8 Å². The highest BCUT2D eigenvalue weighted by Crippen LogP contribution is 2.25. The van der Waals surface area contributed by atoms with Crippen molar-refractivity contribution >= 4 is 9.84 Å². The first-order valence-electron chi connectivity index (χ1n) is 7.22. The molecule has 0 aliphatic rings. The minimum absolute atomic E-state index is 0.112. The number of hydrogen-bond donors (Lipinski definition) is 0. The van der Waals surface area contributed by atoms with E-state index in [2.05, 4.69) is 35.7 Å². The van der Waals surface area contributed by atoms with Gasteiger partial charge in [0.15, 0.2) is 9.84 Å². The summed E-state index contributed by atoms with van der Waals surface area (Å²) in [6, 6.07) is 5.08. The molecule has 0 aromatic carbocycles. The van der Waals surface area contributed by atoms with Crippen LogP contribution in [0.3, 0.4) is 0 Å². The van der Waals surface area contributed by atoms with E-state index < -0.39 is 9.84 Å². The van der Waals surface area contributed by atoms with E-state index in [4.69, 9.17) is 0 Å². The summed E-state index contributed by atoms with van der Waals surface area (Å²) in [5, 5.41) is 0. The quantitative estimate of drug-likeness (QED) is 0.866. The predicted octanol–water partition coefficient (Wildman–Crippen LogP) is 2.71. The molecule has 0 unspecified atom stereocenters. The second-order valence-corrected chi connectivity index (χ2v) is 8.16. The molecule has 0 amide bonds. The summed E-state index contributed by atoms with van der Waals surface area (Å²) in [6.07, 6.45) is 3.47. The Kier molecular flexibility index (Phi) is 4.60. The van der Waals surface area contributed by atoms with Gasteiger partial charge in [-0.2, -0.15) is 0 Å². The minimum Gasteiger partial charge on any atom is -0.256 e. The largest absolute Gasteiger partial charge is 0.256 e. The van der Waals surface area contributed by atoms with Crippen molar-refractivity contribution in [2.45, 2.75) is 50.2 Å². The first-order chi connectivity index (χ1) is 10.2. The lowest BCUT2D eigenvalue weighted by molar-refractivity contribution is 0.560. The van der Waals surface area contributed by atoms with Crippen molar-refractivity contribution in [1.82, 2.24) is 15.0 Å². The summed E-state index contributed by atoms with van der Waals surface area (Å²) in [6.45, 7) is 8.09. The summed E-state index contributed by atoms with van der Waals surface area (Å²) in [4.78, 5) is 12.6. The fraction of sp³-hybridized carbons (Fsp3) is 0.438. The van der Waals surface area contributed by atoms with Gasteiger partial charge in [0.1, 0.15) is 6.33 Å². The van der Waals surface area contributed by atoms with Crippen molar-refractivity contribution in [2.75, 3.05) is 0 Å². The van der Waals surface area contributed by atoms with Gasteiger partial charge in [-0.05, 0) is 24.6 Å². The second-order valence-electron chi connectivity index (χ2n) is 6.20. The lowest BCUT2D eigenvalue weighted by Crippen LogP contribution is -2.17. The number of aryl methyl sites for hydroxylation is 1. The van der Waals surface area contributed by atoms with Crippen LogP contribution in [-0.4, -0.2) is 23.4 Å². The normalized spacial score (nSPS) is 12.4. The lowest BCUT2D eigenvalue weighted by Gasteiger charge is -2.19. The van der Waals surface area contributed by atoms with Crippen LogP contribution >= 0.6 is 0 Å². The second kappa shape index (κ2) is 6.12. The average molecular weight is 319 g/mol. The molecule has 2 aromatic rings. The summed E-state index contributed by atoms with van der Waals surface area (Å²) in [5.41, 5.74) is 1.88. The van der Waals surface area contributed by atoms with Gasteiger partial charge in [-0.25, -0.2) is 18.4 Å². The maximum absolute atomic E-state index is 12.6. The molecule has 6 heteroatoms. The Morgan fingerprint density at radius 3 is 2.41 bits per heavy atom. The Bertz CT molecular complexity index is 751. The highest BCUT2D eigenvalue weighted by Gasteiger charge is 2.23. The number of aromatic nitrogens is 3. The molecule has 5 nitrogen and oxygen atoms in total. The van der Waals surface area contributed by atoms with Crippen molar-refractivity contribution in [2.24, 2.45) is 0 Å². The molecule has 0 saturated heterocycles. The molecule has 2 rings (SSSR count). The first kappa shape index (κ1) is 16.5. The van der Waals surface area contributed by atoms with Gasteiger partial charge in [0.25, 0.3) is 0 Å². The van der Waals surface area contributed by atoms with Crippen LogP contribution in [0, 0.1) is 0 Å². The number of rotatable bonds is 4.